The summed E-state index contributed by atoms with van der Waals surface area (Å²) in [5.74, 6) is -2.56. The van der Waals surface area contributed by atoms with Gasteiger partial charge in [0, 0.05) is 11.1 Å². The molecule has 39 heavy (non-hydrogen) atoms. The number of rotatable bonds is 12. The molecule has 0 radical (unpaired) electrons. The number of nitrogens with one attached hydrogen (secondary N) is 3. The number of H-pyrrole nitrogens is 1. The van der Waals surface area contributed by atoms with E-state index in [0.29, 0.717) is 23.2 Å². The lowest BCUT2D eigenvalue weighted by Crippen LogP contribution is -2.42. The molecule has 2 heterocycles. The number of methoxy groups -OCH3 is 1. The average molecular weight is 540 g/mol. The van der Waals surface area contributed by atoms with E-state index >= 15 is 0 Å². The van der Waals surface area contributed by atoms with Crippen molar-refractivity contribution in [3.05, 3.63) is 48.0 Å². The smallest absolute Gasteiger partial charge is 0.328 e. The molecule has 3 aromatic rings. The quantitative estimate of drug-likeness (QED) is 0.252. The van der Waals surface area contributed by atoms with Crippen LogP contribution in [0.15, 0.2) is 40.9 Å². The SMILES string of the molecule is COC(=O)C(CC(C)C)NC(=O)c1cc(-c2cccc(-c3ncc(C(=O)NC(CC(C)C)C(=O)O)o3)c2)n[nH]1. The van der Waals surface area contributed by atoms with Crippen molar-refractivity contribution < 1.29 is 33.4 Å². The third-order valence-electron chi connectivity index (χ3n) is 5.77. The zero-order valence-electron chi connectivity index (χ0n) is 22.5. The number of hydrogen-bond donors (Lipinski definition) is 4. The van der Waals surface area contributed by atoms with Crippen LogP contribution in [0.25, 0.3) is 22.7 Å². The number of carboxylic acids is 1. The van der Waals surface area contributed by atoms with Crippen LogP contribution in [-0.2, 0) is 14.3 Å². The fourth-order valence-corrected chi connectivity index (χ4v) is 3.90. The predicted molar refractivity (Wildman–Crippen MR) is 141 cm³/mol. The first-order valence-corrected chi connectivity index (χ1v) is 12.5. The number of carbonyl (C=O) groups is 4. The summed E-state index contributed by atoms with van der Waals surface area (Å²) in [6.07, 6.45) is 1.93. The monoisotopic (exact) mass is 539 g/mol. The van der Waals surface area contributed by atoms with Gasteiger partial charge >= 0.3 is 11.9 Å². The van der Waals surface area contributed by atoms with E-state index in [9.17, 15) is 24.3 Å². The van der Waals surface area contributed by atoms with Crippen LogP contribution in [0, 0.1) is 11.8 Å². The second-order valence-electron chi connectivity index (χ2n) is 9.95. The summed E-state index contributed by atoms with van der Waals surface area (Å²) in [6.45, 7) is 7.60. The minimum Gasteiger partial charge on any atom is -0.480 e. The predicted octanol–water partition coefficient (Wildman–Crippen LogP) is 3.28. The molecular formula is C27H33N5O7. The normalized spacial score (nSPS) is 12.7. The van der Waals surface area contributed by atoms with Crippen LogP contribution in [-0.4, -0.2) is 63.2 Å². The molecule has 2 aromatic heterocycles. The highest BCUT2D eigenvalue weighted by atomic mass is 16.5. The van der Waals surface area contributed by atoms with E-state index in [4.69, 9.17) is 9.15 Å². The van der Waals surface area contributed by atoms with Crippen LogP contribution in [0.5, 0.6) is 0 Å². The molecule has 12 heteroatoms. The highest BCUT2D eigenvalue weighted by molar-refractivity contribution is 5.96. The largest absolute Gasteiger partial charge is 0.480 e. The van der Waals surface area contributed by atoms with Gasteiger partial charge in [-0.25, -0.2) is 14.6 Å². The topological polar surface area (TPSA) is 177 Å². The van der Waals surface area contributed by atoms with Crippen molar-refractivity contribution in [2.45, 2.75) is 52.6 Å². The van der Waals surface area contributed by atoms with E-state index in [1.165, 1.54) is 13.3 Å². The highest BCUT2D eigenvalue weighted by Gasteiger charge is 2.25. The molecule has 0 fully saturated rings. The number of nitrogens with zero attached hydrogens (tertiary/aromatic N) is 2. The number of aliphatic carboxylic acids is 1. The minimum absolute atomic E-state index is 0.0716. The minimum atomic E-state index is -1.13. The lowest BCUT2D eigenvalue weighted by Gasteiger charge is -2.17. The van der Waals surface area contributed by atoms with E-state index in [1.54, 1.807) is 30.3 Å². The molecule has 0 saturated carbocycles. The average Bonchev–Trinajstić information content (AvgIpc) is 3.57. The van der Waals surface area contributed by atoms with Crippen molar-refractivity contribution in [3.8, 4) is 22.7 Å². The Kier molecular flexibility index (Phi) is 9.58. The molecule has 0 spiro atoms. The molecule has 0 aliphatic rings. The van der Waals surface area contributed by atoms with Gasteiger partial charge in [-0.2, -0.15) is 5.10 Å². The van der Waals surface area contributed by atoms with Gasteiger partial charge in [0.1, 0.15) is 17.8 Å². The molecule has 2 amide bonds. The molecule has 0 saturated heterocycles. The summed E-state index contributed by atoms with van der Waals surface area (Å²) >= 11 is 0. The molecular weight excluding hydrogens is 506 g/mol. The molecule has 3 rings (SSSR count). The Morgan fingerprint density at radius 3 is 2.26 bits per heavy atom. The Labute approximate surface area is 225 Å². The van der Waals surface area contributed by atoms with E-state index in [1.807, 2.05) is 27.7 Å². The van der Waals surface area contributed by atoms with Crippen molar-refractivity contribution in [2.75, 3.05) is 7.11 Å². The van der Waals surface area contributed by atoms with Crippen molar-refractivity contribution >= 4 is 23.8 Å². The number of benzene rings is 1. The summed E-state index contributed by atoms with van der Waals surface area (Å²) in [5.41, 5.74) is 1.81. The van der Waals surface area contributed by atoms with Gasteiger partial charge in [0.15, 0.2) is 0 Å². The van der Waals surface area contributed by atoms with Crippen molar-refractivity contribution in [1.29, 1.82) is 0 Å². The standard InChI is InChI=1S/C27H33N5O7/c1-14(2)9-20(26(35)36)29-24(34)22-13-28-25(39-22)17-8-6-7-16(11-17)18-12-19(32-31-18)23(33)30-21(10-15(3)4)27(37)38-5/h6-8,11-15,20-21H,9-10H2,1-5H3,(H,29,34)(H,30,33)(H,31,32)(H,35,36). The maximum Gasteiger partial charge on any atom is 0.328 e. The van der Waals surface area contributed by atoms with E-state index < -0.39 is 35.8 Å². The molecule has 1 aromatic carbocycles. The number of carbonyl (C=O) groups excluding carboxylic acids is 3. The molecule has 0 aliphatic heterocycles. The second-order valence-corrected chi connectivity index (χ2v) is 9.95. The number of aromatic amines is 1. The number of ether oxygens (including phenoxy) is 1. The van der Waals surface area contributed by atoms with Gasteiger partial charge in [0.05, 0.1) is 19.0 Å². The first-order chi connectivity index (χ1) is 18.5. The highest BCUT2D eigenvalue weighted by Crippen LogP contribution is 2.26. The van der Waals surface area contributed by atoms with Gasteiger partial charge in [0.25, 0.3) is 11.8 Å². The first kappa shape index (κ1) is 29.1. The third kappa shape index (κ3) is 7.76. The Balaban J connectivity index is 1.74. The second kappa shape index (κ2) is 12.9. The molecule has 0 bridgehead atoms. The zero-order valence-corrected chi connectivity index (χ0v) is 22.5. The number of amides is 2. The summed E-state index contributed by atoms with van der Waals surface area (Å²) < 4.78 is 10.4. The maximum absolute atomic E-state index is 12.7. The summed E-state index contributed by atoms with van der Waals surface area (Å²) in [4.78, 5) is 53.0. The van der Waals surface area contributed by atoms with E-state index in [-0.39, 0.29) is 35.6 Å². The number of hydrogen-bond acceptors (Lipinski definition) is 8. The Hall–Kier alpha value is -4.48. The van der Waals surface area contributed by atoms with Gasteiger partial charge in [-0.3, -0.25) is 14.7 Å². The number of esters is 1. The molecule has 4 N–H and O–H groups in total. The maximum atomic E-state index is 12.7. The Morgan fingerprint density at radius 1 is 0.974 bits per heavy atom. The van der Waals surface area contributed by atoms with E-state index in [2.05, 4.69) is 25.8 Å². The van der Waals surface area contributed by atoms with Crippen molar-refractivity contribution in [2.24, 2.45) is 11.8 Å². The summed E-state index contributed by atoms with van der Waals surface area (Å²) in [6, 6.07) is 6.68. The first-order valence-electron chi connectivity index (χ1n) is 12.5. The fraction of sp³-hybridized carbons (Fsp3) is 0.407. The van der Waals surface area contributed by atoms with Crippen molar-refractivity contribution in [3.63, 3.8) is 0 Å². The zero-order chi connectivity index (χ0) is 28.7. The lowest BCUT2D eigenvalue weighted by molar-refractivity contribution is -0.143. The fourth-order valence-electron chi connectivity index (χ4n) is 3.90. The van der Waals surface area contributed by atoms with Gasteiger partial charge in [-0.15, -0.1) is 0 Å². The molecule has 208 valence electrons. The van der Waals surface area contributed by atoms with Gasteiger partial charge < -0.3 is 24.9 Å². The van der Waals surface area contributed by atoms with Gasteiger partial charge in [-0.1, -0.05) is 39.8 Å². The van der Waals surface area contributed by atoms with Crippen molar-refractivity contribution in [1.82, 2.24) is 25.8 Å². The van der Waals surface area contributed by atoms with Crippen LogP contribution in [0.3, 0.4) is 0 Å². The van der Waals surface area contributed by atoms with E-state index in [0.717, 1.165) is 0 Å². The summed E-state index contributed by atoms with van der Waals surface area (Å²) in [5, 5.41) is 21.4. The molecule has 12 nitrogen and oxygen atoms in total. The Bertz CT molecular complexity index is 1330. The Morgan fingerprint density at radius 2 is 1.62 bits per heavy atom. The van der Waals surface area contributed by atoms with Crippen LogP contribution in [0.1, 0.15) is 61.6 Å². The lowest BCUT2D eigenvalue weighted by atomic mass is 10.0. The number of oxazole rings is 1. The third-order valence-corrected chi connectivity index (χ3v) is 5.77. The molecule has 2 unspecified atom stereocenters. The van der Waals surface area contributed by atoms with Crippen LogP contribution < -0.4 is 10.6 Å². The van der Waals surface area contributed by atoms with Crippen LogP contribution in [0.4, 0.5) is 0 Å². The van der Waals surface area contributed by atoms with Gasteiger partial charge in [0.2, 0.25) is 11.7 Å². The molecule has 0 aliphatic carbocycles. The number of carboxylic acid groups (broad SMARTS) is 1. The summed E-state index contributed by atoms with van der Waals surface area (Å²) in [7, 11) is 1.27. The van der Waals surface area contributed by atoms with Crippen LogP contribution in [0.2, 0.25) is 0 Å². The molecule has 2 atom stereocenters. The van der Waals surface area contributed by atoms with Gasteiger partial charge in [-0.05, 0) is 42.9 Å². The number of aromatic nitrogens is 3. The van der Waals surface area contributed by atoms with Crippen LogP contribution >= 0.6 is 0 Å².